The Morgan fingerprint density at radius 2 is 1.60 bits per heavy atom. The van der Waals surface area contributed by atoms with Crippen LogP contribution in [0.1, 0.15) is 105 Å². The summed E-state index contributed by atoms with van der Waals surface area (Å²) in [4.78, 5) is 0. The third kappa shape index (κ3) is 6.61. The van der Waals surface area contributed by atoms with E-state index in [9.17, 15) is 0 Å². The highest BCUT2D eigenvalue weighted by Gasteiger charge is 2.33. The highest BCUT2D eigenvalue weighted by molar-refractivity contribution is 4.90. The van der Waals surface area contributed by atoms with Gasteiger partial charge in [-0.15, -0.1) is 0 Å². The largest absolute Gasteiger partial charge is 0.325 e. The van der Waals surface area contributed by atoms with Gasteiger partial charge in [0.1, 0.15) is 0 Å². The van der Waals surface area contributed by atoms with Gasteiger partial charge in [-0.05, 0) is 43.4 Å². The van der Waals surface area contributed by atoms with Crippen molar-refractivity contribution in [2.75, 3.05) is 0 Å². The van der Waals surface area contributed by atoms with Gasteiger partial charge in [-0.3, -0.25) is 0 Å². The fourth-order valence-electron chi connectivity index (χ4n) is 3.80. The highest BCUT2D eigenvalue weighted by atomic mass is 14.7. The Balaban J connectivity index is 2.27. The zero-order chi connectivity index (χ0) is 15.1. The van der Waals surface area contributed by atoms with E-state index in [1.54, 1.807) is 0 Å². The van der Waals surface area contributed by atoms with Crippen LogP contribution in [0.25, 0.3) is 0 Å². The SMILES string of the molecule is CCCCCCCCC1(N)CCCC(C(C)(C)C)CC1. The smallest absolute Gasteiger partial charge is 0.0154 e. The standard InChI is InChI=1S/C19H39N/c1-5-6-7-8-9-10-14-19(20)15-11-12-17(13-16-19)18(2,3)4/h17H,5-16,20H2,1-4H3. The first-order chi connectivity index (χ1) is 9.37. The van der Waals surface area contributed by atoms with Crippen LogP contribution < -0.4 is 5.73 Å². The van der Waals surface area contributed by atoms with E-state index in [4.69, 9.17) is 5.73 Å². The summed E-state index contributed by atoms with van der Waals surface area (Å²) in [5, 5.41) is 0. The number of rotatable bonds is 7. The number of unbranched alkanes of at least 4 members (excludes halogenated alkanes) is 5. The maximum absolute atomic E-state index is 6.71. The average Bonchev–Trinajstić information content (AvgIpc) is 2.56. The van der Waals surface area contributed by atoms with Crippen LogP contribution in [-0.2, 0) is 0 Å². The molecule has 0 aromatic heterocycles. The molecular formula is C19H39N. The van der Waals surface area contributed by atoms with E-state index in [1.165, 1.54) is 77.0 Å². The summed E-state index contributed by atoms with van der Waals surface area (Å²) >= 11 is 0. The molecule has 1 heteroatoms. The lowest BCUT2D eigenvalue weighted by molar-refractivity contribution is 0.209. The van der Waals surface area contributed by atoms with E-state index in [2.05, 4.69) is 27.7 Å². The molecule has 1 aliphatic rings. The van der Waals surface area contributed by atoms with E-state index < -0.39 is 0 Å². The lowest BCUT2D eigenvalue weighted by Gasteiger charge is -2.31. The highest BCUT2D eigenvalue weighted by Crippen LogP contribution is 2.40. The minimum Gasteiger partial charge on any atom is -0.325 e. The third-order valence-electron chi connectivity index (χ3n) is 5.47. The molecule has 0 amide bonds. The Morgan fingerprint density at radius 3 is 2.25 bits per heavy atom. The normalized spacial score (nSPS) is 28.4. The van der Waals surface area contributed by atoms with Gasteiger partial charge in [0.25, 0.3) is 0 Å². The average molecular weight is 282 g/mol. The Bertz CT molecular complexity index is 253. The molecule has 0 aliphatic heterocycles. The van der Waals surface area contributed by atoms with Gasteiger partial charge in [0.15, 0.2) is 0 Å². The Labute approximate surface area is 128 Å². The van der Waals surface area contributed by atoms with E-state index in [0.717, 1.165) is 5.92 Å². The maximum Gasteiger partial charge on any atom is 0.0154 e. The van der Waals surface area contributed by atoms with Crippen LogP contribution in [0.3, 0.4) is 0 Å². The van der Waals surface area contributed by atoms with Crippen LogP contribution in [0, 0.1) is 11.3 Å². The molecule has 2 unspecified atom stereocenters. The summed E-state index contributed by atoms with van der Waals surface area (Å²) < 4.78 is 0. The molecule has 1 aliphatic carbocycles. The minimum atomic E-state index is 0.157. The van der Waals surface area contributed by atoms with Crippen molar-refractivity contribution in [1.29, 1.82) is 0 Å². The van der Waals surface area contributed by atoms with Crippen LogP contribution in [0.2, 0.25) is 0 Å². The lowest BCUT2D eigenvalue weighted by Crippen LogP contribution is -2.39. The molecule has 120 valence electrons. The van der Waals surface area contributed by atoms with Gasteiger partial charge in [-0.2, -0.15) is 0 Å². The third-order valence-corrected chi connectivity index (χ3v) is 5.47. The molecule has 1 fully saturated rings. The fraction of sp³-hybridized carbons (Fsp3) is 1.00. The van der Waals surface area contributed by atoms with Crippen molar-refractivity contribution in [3.63, 3.8) is 0 Å². The number of hydrogen-bond donors (Lipinski definition) is 1. The summed E-state index contributed by atoms with van der Waals surface area (Å²) in [6.07, 6.45) is 16.2. The van der Waals surface area contributed by atoms with Crippen LogP contribution in [-0.4, -0.2) is 5.54 Å². The summed E-state index contributed by atoms with van der Waals surface area (Å²) in [6, 6.07) is 0. The zero-order valence-electron chi connectivity index (χ0n) is 14.6. The maximum atomic E-state index is 6.71. The van der Waals surface area contributed by atoms with Crippen molar-refractivity contribution >= 4 is 0 Å². The van der Waals surface area contributed by atoms with Gasteiger partial charge >= 0.3 is 0 Å². The molecular weight excluding hydrogens is 242 g/mol. The van der Waals surface area contributed by atoms with Gasteiger partial charge < -0.3 is 5.73 Å². The van der Waals surface area contributed by atoms with Crippen molar-refractivity contribution < 1.29 is 0 Å². The molecule has 1 rings (SSSR count). The molecule has 0 spiro atoms. The van der Waals surface area contributed by atoms with Crippen LogP contribution >= 0.6 is 0 Å². The van der Waals surface area contributed by atoms with E-state index >= 15 is 0 Å². The zero-order valence-corrected chi connectivity index (χ0v) is 14.6. The summed E-state index contributed by atoms with van der Waals surface area (Å²) in [5.41, 5.74) is 7.33. The molecule has 0 bridgehead atoms. The van der Waals surface area contributed by atoms with E-state index in [-0.39, 0.29) is 5.54 Å². The van der Waals surface area contributed by atoms with Gasteiger partial charge in [-0.25, -0.2) is 0 Å². The van der Waals surface area contributed by atoms with Crippen LogP contribution in [0.5, 0.6) is 0 Å². The molecule has 1 saturated carbocycles. The van der Waals surface area contributed by atoms with Crippen LogP contribution in [0.15, 0.2) is 0 Å². The van der Waals surface area contributed by atoms with Gasteiger partial charge in [0, 0.05) is 5.54 Å². The Hall–Kier alpha value is -0.0400. The topological polar surface area (TPSA) is 26.0 Å². The number of nitrogens with two attached hydrogens (primary N) is 1. The monoisotopic (exact) mass is 281 g/mol. The van der Waals surface area contributed by atoms with Crippen molar-refractivity contribution in [3.8, 4) is 0 Å². The Kier molecular flexibility index (Phi) is 7.58. The summed E-state index contributed by atoms with van der Waals surface area (Å²) in [6.45, 7) is 9.48. The predicted molar refractivity (Wildman–Crippen MR) is 90.9 cm³/mol. The van der Waals surface area contributed by atoms with Gasteiger partial charge in [-0.1, -0.05) is 72.6 Å². The summed E-state index contributed by atoms with van der Waals surface area (Å²) in [5.74, 6) is 0.873. The van der Waals surface area contributed by atoms with Gasteiger partial charge in [0.05, 0.1) is 0 Å². The second-order valence-electron chi connectivity index (χ2n) is 8.37. The van der Waals surface area contributed by atoms with Crippen molar-refractivity contribution in [2.45, 2.75) is 110 Å². The number of hydrogen-bond acceptors (Lipinski definition) is 1. The molecule has 2 atom stereocenters. The predicted octanol–water partition coefficient (Wildman–Crippen LogP) is 6.06. The van der Waals surface area contributed by atoms with E-state index in [0.29, 0.717) is 5.41 Å². The molecule has 20 heavy (non-hydrogen) atoms. The van der Waals surface area contributed by atoms with E-state index in [1.807, 2.05) is 0 Å². The molecule has 0 radical (unpaired) electrons. The lowest BCUT2D eigenvalue weighted by atomic mass is 9.76. The Morgan fingerprint density at radius 1 is 0.950 bits per heavy atom. The minimum absolute atomic E-state index is 0.157. The second-order valence-corrected chi connectivity index (χ2v) is 8.37. The molecule has 0 saturated heterocycles. The quantitative estimate of drug-likeness (QED) is 0.445. The molecule has 0 aromatic carbocycles. The first-order valence-corrected chi connectivity index (χ1v) is 9.16. The molecule has 0 aromatic rings. The van der Waals surface area contributed by atoms with Crippen molar-refractivity contribution in [1.82, 2.24) is 0 Å². The summed E-state index contributed by atoms with van der Waals surface area (Å²) in [7, 11) is 0. The second kappa shape index (κ2) is 8.41. The van der Waals surface area contributed by atoms with Crippen LogP contribution in [0.4, 0.5) is 0 Å². The molecule has 0 heterocycles. The fourth-order valence-corrected chi connectivity index (χ4v) is 3.80. The molecule has 2 N–H and O–H groups in total. The van der Waals surface area contributed by atoms with Crippen molar-refractivity contribution in [3.05, 3.63) is 0 Å². The molecule has 1 nitrogen and oxygen atoms in total. The van der Waals surface area contributed by atoms with Gasteiger partial charge in [0.2, 0.25) is 0 Å². The first kappa shape index (κ1) is 18.0. The van der Waals surface area contributed by atoms with Crippen molar-refractivity contribution in [2.24, 2.45) is 17.1 Å². The first-order valence-electron chi connectivity index (χ1n) is 9.16.